The van der Waals surface area contributed by atoms with Crippen molar-refractivity contribution in [2.24, 2.45) is 0 Å². The lowest BCUT2D eigenvalue weighted by molar-refractivity contribution is 0.181. The molecule has 0 saturated heterocycles. The van der Waals surface area contributed by atoms with Gasteiger partial charge in [0.15, 0.2) is 0 Å². The minimum Gasteiger partial charge on any atom is -0.378 e. The molecule has 0 fully saturated rings. The predicted molar refractivity (Wildman–Crippen MR) is 64.0 cm³/mol. The zero-order chi connectivity index (χ0) is 11.5. The van der Waals surface area contributed by atoms with Gasteiger partial charge in [0, 0.05) is 13.2 Å². The van der Waals surface area contributed by atoms with Crippen LogP contribution < -0.4 is 0 Å². The van der Waals surface area contributed by atoms with Crippen molar-refractivity contribution in [1.29, 1.82) is 0 Å². The molecule has 0 radical (unpaired) electrons. The monoisotopic (exact) mass is 236 g/mol. The molecule has 0 spiro atoms. The minimum absolute atomic E-state index is 0.471. The van der Waals surface area contributed by atoms with Crippen LogP contribution in [-0.2, 0) is 11.3 Å². The Morgan fingerprint density at radius 3 is 2.81 bits per heavy atom. The summed E-state index contributed by atoms with van der Waals surface area (Å²) in [7, 11) is 1.64. The second-order valence-electron chi connectivity index (χ2n) is 3.59. The van der Waals surface area contributed by atoms with E-state index in [-0.39, 0.29) is 0 Å². The highest BCUT2D eigenvalue weighted by Crippen LogP contribution is 2.20. The van der Waals surface area contributed by atoms with Crippen molar-refractivity contribution in [1.82, 2.24) is 9.78 Å². The number of hydrogen-bond acceptors (Lipinski definition) is 2. The molecule has 0 aliphatic heterocycles. The minimum atomic E-state index is 0.471. The first-order valence-corrected chi connectivity index (χ1v) is 5.39. The summed E-state index contributed by atoms with van der Waals surface area (Å²) >= 11 is 6.13. The highest BCUT2D eigenvalue weighted by Gasteiger charge is 2.08. The van der Waals surface area contributed by atoms with Crippen molar-refractivity contribution < 1.29 is 4.74 Å². The molecule has 1 aromatic heterocycles. The number of methoxy groups -OCH3 is 1. The summed E-state index contributed by atoms with van der Waals surface area (Å²) in [6, 6.07) is 9.80. The predicted octanol–water partition coefficient (Wildman–Crippen LogP) is 2.98. The van der Waals surface area contributed by atoms with Gasteiger partial charge in [-0.25, -0.2) is 4.68 Å². The molecule has 1 heterocycles. The third-order valence-corrected chi connectivity index (χ3v) is 2.62. The maximum Gasteiger partial charge on any atom is 0.133 e. The number of ether oxygens (including phenoxy) is 1. The zero-order valence-electron chi connectivity index (χ0n) is 9.27. The van der Waals surface area contributed by atoms with E-state index in [4.69, 9.17) is 16.3 Å². The Morgan fingerprint density at radius 2 is 2.12 bits per heavy atom. The van der Waals surface area contributed by atoms with E-state index < -0.39 is 0 Å². The number of halogens is 1. The van der Waals surface area contributed by atoms with E-state index in [0.29, 0.717) is 11.8 Å². The summed E-state index contributed by atoms with van der Waals surface area (Å²) in [6.45, 7) is 2.50. The molecule has 2 rings (SSSR count). The van der Waals surface area contributed by atoms with Crippen LogP contribution in [-0.4, -0.2) is 16.9 Å². The van der Waals surface area contributed by atoms with Gasteiger partial charge in [-0.05, 0) is 18.6 Å². The van der Waals surface area contributed by atoms with Crippen molar-refractivity contribution in [3.8, 4) is 5.69 Å². The van der Waals surface area contributed by atoms with E-state index in [1.54, 1.807) is 11.8 Å². The van der Waals surface area contributed by atoms with Crippen molar-refractivity contribution in [2.75, 3.05) is 7.11 Å². The quantitative estimate of drug-likeness (QED) is 0.819. The molecule has 0 unspecified atom stereocenters. The molecule has 0 atom stereocenters. The Balaban J connectivity index is 2.44. The van der Waals surface area contributed by atoms with Crippen LogP contribution in [0.25, 0.3) is 5.69 Å². The van der Waals surface area contributed by atoms with Gasteiger partial charge in [-0.3, -0.25) is 0 Å². The molecule has 2 aromatic rings. The molecular formula is C12H13ClN2O. The first-order chi connectivity index (χ1) is 7.72. The average Bonchev–Trinajstić information content (AvgIpc) is 2.61. The Bertz CT molecular complexity index is 494. The Kier molecular flexibility index (Phi) is 3.27. The average molecular weight is 237 g/mol. The molecule has 0 aliphatic carbocycles. The molecule has 16 heavy (non-hydrogen) atoms. The lowest BCUT2D eigenvalue weighted by atomic mass is 10.2. The van der Waals surface area contributed by atoms with Crippen molar-refractivity contribution in [3.63, 3.8) is 0 Å². The fraction of sp³-hybridized carbons (Fsp3) is 0.250. The van der Waals surface area contributed by atoms with Gasteiger partial charge in [0.25, 0.3) is 0 Å². The van der Waals surface area contributed by atoms with Gasteiger partial charge in [-0.15, -0.1) is 0 Å². The van der Waals surface area contributed by atoms with E-state index in [1.165, 1.54) is 0 Å². The van der Waals surface area contributed by atoms with Gasteiger partial charge < -0.3 is 4.74 Å². The van der Waals surface area contributed by atoms with E-state index >= 15 is 0 Å². The summed E-state index contributed by atoms with van der Waals surface area (Å²) in [5, 5.41) is 4.99. The molecule has 0 saturated carbocycles. The van der Waals surface area contributed by atoms with Crippen LogP contribution >= 0.6 is 11.6 Å². The first-order valence-electron chi connectivity index (χ1n) is 5.01. The second-order valence-corrected chi connectivity index (χ2v) is 3.98. The fourth-order valence-corrected chi connectivity index (χ4v) is 1.85. The molecule has 0 aliphatic rings. The molecule has 4 heteroatoms. The Labute approximate surface area is 99.6 Å². The van der Waals surface area contributed by atoms with E-state index in [0.717, 1.165) is 16.9 Å². The normalized spacial score (nSPS) is 10.7. The maximum absolute atomic E-state index is 6.13. The largest absolute Gasteiger partial charge is 0.378 e. The maximum atomic E-state index is 6.13. The number of aryl methyl sites for hydroxylation is 1. The van der Waals surface area contributed by atoms with Crippen LogP contribution in [0.5, 0.6) is 0 Å². The van der Waals surface area contributed by atoms with Gasteiger partial charge in [0.05, 0.1) is 18.0 Å². The van der Waals surface area contributed by atoms with Crippen molar-refractivity contribution in [2.45, 2.75) is 13.5 Å². The summed E-state index contributed by atoms with van der Waals surface area (Å²) in [5.74, 6) is 0. The third kappa shape index (κ3) is 2.10. The van der Waals surface area contributed by atoms with Crippen LogP contribution in [0.15, 0.2) is 30.3 Å². The summed E-state index contributed by atoms with van der Waals surface area (Å²) in [4.78, 5) is 0. The van der Waals surface area contributed by atoms with Crippen LogP contribution in [0.1, 0.15) is 11.3 Å². The topological polar surface area (TPSA) is 27.1 Å². The zero-order valence-corrected chi connectivity index (χ0v) is 10.0. The highest BCUT2D eigenvalue weighted by molar-refractivity contribution is 6.29. The molecule has 0 amide bonds. The standard InChI is InChI=1S/C12H13ClN2O/c1-9-5-3-4-6-11(9)15-12(13)7-10(14-15)8-16-2/h3-7H,8H2,1-2H3. The summed E-state index contributed by atoms with van der Waals surface area (Å²) in [6.07, 6.45) is 0. The molecule has 84 valence electrons. The molecular weight excluding hydrogens is 224 g/mol. The third-order valence-electron chi connectivity index (χ3n) is 2.35. The van der Waals surface area contributed by atoms with Crippen molar-refractivity contribution >= 4 is 11.6 Å². The highest BCUT2D eigenvalue weighted by atomic mass is 35.5. The van der Waals surface area contributed by atoms with Gasteiger partial charge in [0.2, 0.25) is 0 Å². The van der Waals surface area contributed by atoms with E-state index in [9.17, 15) is 0 Å². The number of hydrogen-bond donors (Lipinski definition) is 0. The number of benzene rings is 1. The molecule has 3 nitrogen and oxygen atoms in total. The van der Waals surface area contributed by atoms with Gasteiger partial charge in [0.1, 0.15) is 5.15 Å². The number of para-hydroxylation sites is 1. The fourth-order valence-electron chi connectivity index (χ4n) is 1.59. The van der Waals surface area contributed by atoms with Gasteiger partial charge >= 0.3 is 0 Å². The SMILES string of the molecule is COCc1cc(Cl)n(-c2ccccc2C)n1. The van der Waals surface area contributed by atoms with Crippen molar-refractivity contribution in [3.05, 3.63) is 46.7 Å². The van der Waals surface area contributed by atoms with Crippen LogP contribution in [0.2, 0.25) is 5.15 Å². The molecule has 1 aromatic carbocycles. The first kappa shape index (κ1) is 11.2. The van der Waals surface area contributed by atoms with Gasteiger partial charge in [-0.1, -0.05) is 29.8 Å². The lowest BCUT2D eigenvalue weighted by Crippen LogP contribution is -2.00. The van der Waals surface area contributed by atoms with Crippen LogP contribution in [0, 0.1) is 6.92 Å². The Hall–Kier alpha value is -1.32. The van der Waals surface area contributed by atoms with Gasteiger partial charge in [-0.2, -0.15) is 5.10 Å². The Morgan fingerprint density at radius 1 is 1.38 bits per heavy atom. The number of nitrogens with zero attached hydrogens (tertiary/aromatic N) is 2. The smallest absolute Gasteiger partial charge is 0.133 e. The summed E-state index contributed by atoms with van der Waals surface area (Å²) in [5.41, 5.74) is 2.96. The van der Waals surface area contributed by atoms with Crippen LogP contribution in [0.3, 0.4) is 0 Å². The van der Waals surface area contributed by atoms with Crippen LogP contribution in [0.4, 0.5) is 0 Å². The number of aromatic nitrogens is 2. The lowest BCUT2D eigenvalue weighted by Gasteiger charge is -2.06. The second kappa shape index (κ2) is 4.68. The van der Waals surface area contributed by atoms with E-state index in [2.05, 4.69) is 5.10 Å². The summed E-state index contributed by atoms with van der Waals surface area (Å²) < 4.78 is 6.76. The van der Waals surface area contributed by atoms with E-state index in [1.807, 2.05) is 37.3 Å². The number of rotatable bonds is 3. The molecule has 0 N–H and O–H groups in total. The molecule has 0 bridgehead atoms.